The van der Waals surface area contributed by atoms with Gasteiger partial charge in [0, 0.05) is 12.8 Å². The summed E-state index contributed by atoms with van der Waals surface area (Å²) in [6.45, 7) is 3.93. The highest BCUT2D eigenvalue weighted by Gasteiger charge is 2.22. The summed E-state index contributed by atoms with van der Waals surface area (Å²) in [5.41, 5.74) is 0. The second-order valence-electron chi connectivity index (χ2n) is 22.4. The number of carbonyl (C=O) groups is 2. The average Bonchev–Trinajstić information content (AvgIpc) is 3.67. The molecule has 0 aromatic heterocycles. The minimum atomic E-state index is -4.67. The number of ether oxygens (including phenoxy) is 2. The van der Waals surface area contributed by atoms with Crippen molar-refractivity contribution in [3.05, 3.63) is 194 Å². The van der Waals surface area contributed by atoms with Gasteiger partial charge in [-0.2, -0.15) is 0 Å². The van der Waals surface area contributed by atoms with Crippen molar-refractivity contribution in [2.24, 2.45) is 0 Å². The molecular formula is C76H120NO8P. The van der Waals surface area contributed by atoms with E-state index in [-0.39, 0.29) is 26.1 Å². The van der Waals surface area contributed by atoms with E-state index in [9.17, 15) is 19.0 Å². The number of esters is 2. The number of phosphoric ester groups is 1. The minimum absolute atomic E-state index is 0.0492. The highest BCUT2D eigenvalue weighted by Crippen LogP contribution is 2.38. The van der Waals surface area contributed by atoms with E-state index in [0.717, 1.165) is 148 Å². The van der Waals surface area contributed by atoms with Gasteiger partial charge < -0.3 is 27.9 Å². The van der Waals surface area contributed by atoms with Crippen LogP contribution >= 0.6 is 7.82 Å². The molecule has 0 saturated heterocycles. The summed E-state index contributed by atoms with van der Waals surface area (Å²) in [4.78, 5) is 38.0. The predicted octanol–water partition coefficient (Wildman–Crippen LogP) is 21.1. The Balaban J connectivity index is 4.22. The van der Waals surface area contributed by atoms with Crippen molar-refractivity contribution in [2.45, 2.75) is 225 Å². The molecule has 2 unspecified atom stereocenters. The zero-order chi connectivity index (χ0) is 62.6. The van der Waals surface area contributed by atoms with Crippen LogP contribution in [0, 0.1) is 0 Å². The van der Waals surface area contributed by atoms with Gasteiger partial charge in [-0.25, -0.2) is 0 Å². The lowest BCUT2D eigenvalue weighted by molar-refractivity contribution is -0.870. The van der Waals surface area contributed by atoms with E-state index in [0.29, 0.717) is 23.9 Å². The smallest absolute Gasteiger partial charge is 0.306 e. The third-order valence-electron chi connectivity index (χ3n) is 13.1. The highest BCUT2D eigenvalue weighted by atomic mass is 31.2. The molecule has 10 heteroatoms. The highest BCUT2D eigenvalue weighted by molar-refractivity contribution is 7.45. The van der Waals surface area contributed by atoms with Gasteiger partial charge in [-0.15, -0.1) is 0 Å². The van der Waals surface area contributed by atoms with Crippen molar-refractivity contribution in [1.29, 1.82) is 0 Å². The first-order valence-corrected chi connectivity index (χ1v) is 34.6. The van der Waals surface area contributed by atoms with Gasteiger partial charge in [0.1, 0.15) is 19.8 Å². The number of rotatable bonds is 58. The van der Waals surface area contributed by atoms with Crippen molar-refractivity contribution in [3.63, 3.8) is 0 Å². The zero-order valence-corrected chi connectivity index (χ0v) is 55.6. The fourth-order valence-electron chi connectivity index (χ4n) is 8.10. The fraction of sp³-hybridized carbons (Fsp3) is 0.553. The summed E-state index contributed by atoms with van der Waals surface area (Å²) < 4.78 is 34.2. The molecule has 0 aliphatic carbocycles. The van der Waals surface area contributed by atoms with E-state index in [1.54, 1.807) is 0 Å². The summed E-state index contributed by atoms with van der Waals surface area (Å²) in [6.07, 6.45) is 101. The van der Waals surface area contributed by atoms with Gasteiger partial charge in [-0.05, 0) is 141 Å². The Bertz CT molecular complexity index is 2150. The second kappa shape index (κ2) is 64.3. The molecule has 0 N–H and O–H groups in total. The third kappa shape index (κ3) is 68.0. The van der Waals surface area contributed by atoms with E-state index >= 15 is 0 Å². The van der Waals surface area contributed by atoms with Crippen LogP contribution in [0.3, 0.4) is 0 Å². The number of carbonyl (C=O) groups excluding carboxylic acids is 2. The van der Waals surface area contributed by atoms with Crippen molar-refractivity contribution in [1.82, 2.24) is 0 Å². The summed E-state index contributed by atoms with van der Waals surface area (Å²) in [5, 5.41) is 0. The van der Waals surface area contributed by atoms with Gasteiger partial charge in [0.05, 0.1) is 27.7 Å². The Morgan fingerprint density at radius 2 is 0.628 bits per heavy atom. The molecule has 0 aromatic carbocycles. The molecule has 0 saturated carbocycles. The quantitative estimate of drug-likeness (QED) is 0.0195. The summed E-state index contributed by atoms with van der Waals surface area (Å²) in [7, 11) is 1.11. The summed E-state index contributed by atoms with van der Waals surface area (Å²) in [5.74, 6) is -0.895. The normalized spacial score (nSPS) is 14.4. The van der Waals surface area contributed by atoms with Crippen LogP contribution in [-0.2, 0) is 32.7 Å². The van der Waals surface area contributed by atoms with E-state index in [4.69, 9.17) is 18.5 Å². The van der Waals surface area contributed by atoms with Crippen LogP contribution in [0.1, 0.15) is 219 Å². The molecule has 0 radical (unpaired) electrons. The van der Waals surface area contributed by atoms with Gasteiger partial charge in [0.15, 0.2) is 6.10 Å². The van der Waals surface area contributed by atoms with Gasteiger partial charge in [0.25, 0.3) is 7.82 Å². The molecule has 0 rings (SSSR count). The lowest BCUT2D eigenvalue weighted by Crippen LogP contribution is -2.37. The third-order valence-corrected chi connectivity index (χ3v) is 14.1. The number of hydrogen-bond donors (Lipinski definition) is 0. The molecule has 2 atom stereocenters. The van der Waals surface area contributed by atoms with E-state index in [1.165, 1.54) is 32.1 Å². The lowest BCUT2D eigenvalue weighted by Gasteiger charge is -2.28. The monoisotopic (exact) mass is 1210 g/mol. The first kappa shape index (κ1) is 80.8. The maximum atomic E-state index is 12.9. The number of nitrogens with zero attached hydrogens (tertiary/aromatic N) is 1. The molecule has 0 spiro atoms. The molecule has 0 heterocycles. The Hall–Kier alpha value is -5.15. The molecule has 0 fully saturated rings. The van der Waals surface area contributed by atoms with Crippen molar-refractivity contribution in [3.8, 4) is 0 Å². The number of hydrogen-bond acceptors (Lipinski definition) is 8. The molecule has 482 valence electrons. The average molecular weight is 1210 g/mol. The molecule has 0 aromatic rings. The number of likely N-dealkylation sites (N-methyl/N-ethyl adjacent to an activating group) is 1. The summed E-state index contributed by atoms with van der Waals surface area (Å²) in [6, 6.07) is 0. The van der Waals surface area contributed by atoms with Crippen LogP contribution in [0.25, 0.3) is 0 Å². The molecule has 0 aliphatic rings. The SMILES string of the molecule is CC/C=C\C/C=C\C/C=C\C/C=C\C/C=C\C/C=C\C/C=C\C/C=C\C/C=C\CCCCCCCCCCCC(=O)OC(COC(=O)CCCCC/C=C\C/C=C\C/C=C\C/C=C\C/C=C\C/C=C\C/C=C\CC)COP(=O)([O-])OCC[N+](C)(C)C. The maximum absolute atomic E-state index is 12.9. The maximum Gasteiger partial charge on any atom is 0.306 e. The van der Waals surface area contributed by atoms with Crippen LogP contribution < -0.4 is 4.89 Å². The molecule has 0 bridgehead atoms. The number of unbranched alkanes of at least 4 members (excludes halogenated alkanes) is 12. The number of allylic oxidation sites excluding steroid dienone is 32. The Labute approximate surface area is 526 Å². The topological polar surface area (TPSA) is 111 Å². The van der Waals surface area contributed by atoms with Crippen LogP contribution in [0.4, 0.5) is 0 Å². The van der Waals surface area contributed by atoms with Crippen molar-refractivity contribution in [2.75, 3.05) is 47.5 Å². The largest absolute Gasteiger partial charge is 0.756 e. The van der Waals surface area contributed by atoms with Crippen LogP contribution in [-0.4, -0.2) is 70.0 Å². The molecule has 86 heavy (non-hydrogen) atoms. The minimum Gasteiger partial charge on any atom is -0.756 e. The van der Waals surface area contributed by atoms with Crippen LogP contribution in [0.2, 0.25) is 0 Å². The van der Waals surface area contributed by atoms with Gasteiger partial charge >= 0.3 is 11.9 Å². The Kier molecular flexibility index (Phi) is 60.5. The van der Waals surface area contributed by atoms with Crippen molar-refractivity contribution >= 4 is 19.8 Å². The zero-order valence-electron chi connectivity index (χ0n) is 54.7. The second-order valence-corrected chi connectivity index (χ2v) is 23.8. The van der Waals surface area contributed by atoms with Crippen molar-refractivity contribution < 1.29 is 42.1 Å². The van der Waals surface area contributed by atoms with Crippen LogP contribution in [0.5, 0.6) is 0 Å². The van der Waals surface area contributed by atoms with Gasteiger partial charge in [-0.3, -0.25) is 14.2 Å². The molecule has 0 amide bonds. The molecule has 9 nitrogen and oxygen atoms in total. The standard InChI is InChI=1S/C76H120NO8P/c1-6-8-10-12-14-16-18-20-22-24-26-28-30-32-33-34-35-36-37-38-39-40-41-42-43-45-47-49-51-53-55-57-59-61-63-65-67-69-76(79)85-74(73-84-86(80,81)83-71-70-77(3,4)5)72-82-75(78)68-66-64-62-60-58-56-54-52-50-48-46-44-31-29-27-25-23-21-19-17-15-13-11-9-7-2/h8-11,14-17,20-23,26-29,32-33,35-36,38-39,41-42,44-47,50,52,56,58,74H,6-7,12-13,18-19,24-25,30-31,34,37,40,43,48-49,51,53-55,57,59-73H2,1-5H3/b10-8-,11-9-,16-14-,17-15-,22-20-,23-21-,28-26-,29-27-,33-32-,36-35-,39-38-,42-41-,46-44-,47-45-,52-50-,58-56-. The summed E-state index contributed by atoms with van der Waals surface area (Å²) >= 11 is 0. The molecular weight excluding hydrogens is 1090 g/mol. The van der Waals surface area contributed by atoms with Crippen LogP contribution in [0.15, 0.2) is 194 Å². The first-order chi connectivity index (χ1) is 42.0. The lowest BCUT2D eigenvalue weighted by atomic mass is 10.1. The Morgan fingerprint density at radius 1 is 0.360 bits per heavy atom. The fourth-order valence-corrected chi connectivity index (χ4v) is 8.83. The molecule has 0 aliphatic heterocycles. The van der Waals surface area contributed by atoms with Gasteiger partial charge in [0.2, 0.25) is 0 Å². The first-order valence-electron chi connectivity index (χ1n) is 33.1. The van der Waals surface area contributed by atoms with E-state index < -0.39 is 32.5 Å². The predicted molar refractivity (Wildman–Crippen MR) is 369 cm³/mol. The number of phosphoric acid groups is 1. The Morgan fingerprint density at radius 3 is 0.942 bits per heavy atom. The van der Waals surface area contributed by atoms with E-state index in [1.807, 2.05) is 21.1 Å². The number of quaternary nitrogens is 1. The van der Waals surface area contributed by atoms with Gasteiger partial charge in [-0.1, -0.05) is 260 Å². The van der Waals surface area contributed by atoms with E-state index in [2.05, 4.69) is 208 Å².